The Labute approximate surface area is 124 Å². The molecule has 0 saturated carbocycles. The Balaban J connectivity index is 1.89. The van der Waals surface area contributed by atoms with Crippen molar-refractivity contribution in [3.05, 3.63) is 0 Å². The maximum Gasteiger partial charge on any atom is 0.226 e. The van der Waals surface area contributed by atoms with Crippen molar-refractivity contribution in [2.45, 2.75) is 45.6 Å². The minimum absolute atomic E-state index is 0.239. The number of carbonyl (C=O) groups is 1. The van der Waals surface area contributed by atoms with Crippen molar-refractivity contribution in [3.8, 4) is 0 Å². The topological polar surface area (TPSA) is 26.8 Å². The predicted octanol–water partition coefficient (Wildman–Crippen LogP) is 1.66. The van der Waals surface area contributed by atoms with Crippen LogP contribution in [0.3, 0.4) is 0 Å². The first-order valence-corrected chi connectivity index (χ1v) is 8.37. The van der Waals surface area contributed by atoms with E-state index in [9.17, 15) is 4.79 Å². The van der Waals surface area contributed by atoms with E-state index >= 15 is 0 Å². The van der Waals surface area contributed by atoms with E-state index in [0.29, 0.717) is 11.9 Å². The highest BCUT2D eigenvalue weighted by atomic mass is 16.2. The average Bonchev–Trinajstić information content (AvgIpc) is 2.49. The van der Waals surface area contributed by atoms with Crippen molar-refractivity contribution < 1.29 is 4.79 Å². The Hall–Kier alpha value is -0.610. The van der Waals surface area contributed by atoms with Crippen molar-refractivity contribution in [1.82, 2.24) is 14.7 Å². The van der Waals surface area contributed by atoms with Gasteiger partial charge in [0.15, 0.2) is 0 Å². The summed E-state index contributed by atoms with van der Waals surface area (Å²) in [4.78, 5) is 19.6. The highest BCUT2D eigenvalue weighted by Crippen LogP contribution is 2.24. The molecule has 1 amide bonds. The number of hydrogen-bond acceptors (Lipinski definition) is 3. The van der Waals surface area contributed by atoms with Crippen molar-refractivity contribution in [2.24, 2.45) is 5.92 Å². The van der Waals surface area contributed by atoms with E-state index in [1.807, 2.05) is 4.90 Å². The molecular weight excluding hydrogens is 250 g/mol. The summed E-state index contributed by atoms with van der Waals surface area (Å²) in [5.41, 5.74) is 0. The molecular formula is C16H31N3O. The number of rotatable bonds is 4. The summed E-state index contributed by atoms with van der Waals surface area (Å²) in [5, 5.41) is 0. The number of amides is 1. The lowest BCUT2D eigenvalue weighted by molar-refractivity contribution is -0.137. The van der Waals surface area contributed by atoms with Gasteiger partial charge in [-0.25, -0.2) is 0 Å². The van der Waals surface area contributed by atoms with Gasteiger partial charge in [-0.15, -0.1) is 0 Å². The molecule has 0 aromatic heterocycles. The third kappa shape index (κ3) is 3.73. The minimum Gasteiger partial charge on any atom is -0.343 e. The van der Waals surface area contributed by atoms with Crippen molar-refractivity contribution in [1.29, 1.82) is 0 Å². The first kappa shape index (κ1) is 15.8. The minimum atomic E-state index is 0.239. The number of piperidine rings is 2. The van der Waals surface area contributed by atoms with Crippen LogP contribution in [-0.4, -0.2) is 73.0 Å². The Morgan fingerprint density at radius 1 is 1.10 bits per heavy atom. The van der Waals surface area contributed by atoms with Crippen molar-refractivity contribution in [3.63, 3.8) is 0 Å². The zero-order valence-corrected chi connectivity index (χ0v) is 13.5. The normalized spacial score (nSPS) is 26.6. The highest BCUT2D eigenvalue weighted by molar-refractivity contribution is 5.79. The van der Waals surface area contributed by atoms with Crippen LogP contribution in [0, 0.1) is 5.92 Å². The molecule has 116 valence electrons. The van der Waals surface area contributed by atoms with Gasteiger partial charge in [-0.3, -0.25) is 9.69 Å². The third-order valence-electron chi connectivity index (χ3n) is 5.08. The van der Waals surface area contributed by atoms with E-state index in [2.05, 4.69) is 30.7 Å². The van der Waals surface area contributed by atoms with Gasteiger partial charge in [0.2, 0.25) is 5.91 Å². The highest BCUT2D eigenvalue weighted by Gasteiger charge is 2.32. The summed E-state index contributed by atoms with van der Waals surface area (Å²) in [6.07, 6.45) is 4.80. The van der Waals surface area contributed by atoms with Gasteiger partial charge >= 0.3 is 0 Å². The predicted molar refractivity (Wildman–Crippen MR) is 82.7 cm³/mol. The van der Waals surface area contributed by atoms with Gasteiger partial charge in [0, 0.05) is 25.7 Å². The SMILES string of the molecule is CCN(CC)C(=O)[C@@H]1CCCN(C2CCN(C)CC2)C1. The monoisotopic (exact) mass is 281 g/mol. The van der Waals surface area contributed by atoms with Gasteiger partial charge < -0.3 is 9.80 Å². The van der Waals surface area contributed by atoms with Gasteiger partial charge in [-0.2, -0.15) is 0 Å². The molecule has 0 bridgehead atoms. The number of nitrogens with zero attached hydrogens (tertiary/aromatic N) is 3. The molecule has 2 saturated heterocycles. The van der Waals surface area contributed by atoms with Crippen LogP contribution in [0.2, 0.25) is 0 Å². The Morgan fingerprint density at radius 3 is 2.35 bits per heavy atom. The molecule has 0 aromatic carbocycles. The third-order valence-corrected chi connectivity index (χ3v) is 5.08. The molecule has 20 heavy (non-hydrogen) atoms. The number of hydrogen-bond donors (Lipinski definition) is 0. The summed E-state index contributed by atoms with van der Waals surface area (Å²) in [5.74, 6) is 0.621. The summed E-state index contributed by atoms with van der Waals surface area (Å²) >= 11 is 0. The van der Waals surface area contributed by atoms with Gasteiger partial charge in [0.05, 0.1) is 5.92 Å². The molecule has 0 spiro atoms. The van der Waals surface area contributed by atoms with E-state index < -0.39 is 0 Å². The fourth-order valence-electron chi connectivity index (χ4n) is 3.69. The lowest BCUT2D eigenvalue weighted by Crippen LogP contribution is -2.50. The molecule has 0 radical (unpaired) electrons. The molecule has 0 N–H and O–H groups in total. The van der Waals surface area contributed by atoms with Gasteiger partial charge in [0.25, 0.3) is 0 Å². The van der Waals surface area contributed by atoms with E-state index in [1.165, 1.54) is 38.9 Å². The molecule has 2 fully saturated rings. The van der Waals surface area contributed by atoms with E-state index in [1.54, 1.807) is 0 Å². The summed E-state index contributed by atoms with van der Waals surface area (Å²) in [7, 11) is 2.21. The fourth-order valence-corrected chi connectivity index (χ4v) is 3.69. The first-order chi connectivity index (χ1) is 9.65. The van der Waals surface area contributed by atoms with Gasteiger partial charge in [-0.1, -0.05) is 0 Å². The van der Waals surface area contributed by atoms with Crippen LogP contribution in [0.25, 0.3) is 0 Å². The Morgan fingerprint density at radius 2 is 1.75 bits per heavy atom. The zero-order chi connectivity index (χ0) is 14.5. The standard InChI is InChI=1S/C16H31N3O/c1-4-18(5-2)16(20)14-7-6-10-19(13-14)15-8-11-17(3)12-9-15/h14-15H,4-13H2,1-3H3/t14-/m1/s1. The molecule has 2 heterocycles. The molecule has 1 atom stereocenters. The lowest BCUT2D eigenvalue weighted by Gasteiger charge is -2.42. The van der Waals surface area contributed by atoms with Crippen molar-refractivity contribution in [2.75, 3.05) is 46.3 Å². The Kier molecular flexibility index (Phi) is 5.85. The molecule has 4 nitrogen and oxygen atoms in total. The molecule has 2 aliphatic heterocycles. The van der Waals surface area contributed by atoms with E-state index in [0.717, 1.165) is 26.1 Å². The summed E-state index contributed by atoms with van der Waals surface area (Å²) in [6.45, 7) is 10.4. The second-order valence-electron chi connectivity index (χ2n) is 6.38. The molecule has 2 rings (SSSR count). The summed E-state index contributed by atoms with van der Waals surface area (Å²) in [6, 6.07) is 0.707. The second kappa shape index (κ2) is 7.41. The van der Waals surface area contributed by atoms with E-state index in [4.69, 9.17) is 0 Å². The van der Waals surface area contributed by atoms with Crippen molar-refractivity contribution >= 4 is 5.91 Å². The second-order valence-corrected chi connectivity index (χ2v) is 6.38. The molecule has 0 aliphatic carbocycles. The van der Waals surface area contributed by atoms with E-state index in [-0.39, 0.29) is 5.92 Å². The van der Waals surface area contributed by atoms with Crippen LogP contribution >= 0.6 is 0 Å². The molecule has 0 unspecified atom stereocenters. The molecule has 4 heteroatoms. The van der Waals surface area contributed by atoms with Crippen LogP contribution in [0.15, 0.2) is 0 Å². The van der Waals surface area contributed by atoms with Crippen LogP contribution in [-0.2, 0) is 4.79 Å². The van der Waals surface area contributed by atoms with Crippen LogP contribution < -0.4 is 0 Å². The largest absolute Gasteiger partial charge is 0.343 e. The number of likely N-dealkylation sites (tertiary alicyclic amines) is 2. The number of carbonyl (C=O) groups excluding carboxylic acids is 1. The summed E-state index contributed by atoms with van der Waals surface area (Å²) < 4.78 is 0. The van der Waals surface area contributed by atoms with Crippen LogP contribution in [0.5, 0.6) is 0 Å². The molecule has 2 aliphatic rings. The van der Waals surface area contributed by atoms with Crippen LogP contribution in [0.1, 0.15) is 39.5 Å². The quantitative estimate of drug-likeness (QED) is 0.784. The first-order valence-electron chi connectivity index (χ1n) is 8.37. The maximum absolute atomic E-state index is 12.5. The Bertz CT molecular complexity index is 309. The van der Waals surface area contributed by atoms with Crippen LogP contribution in [0.4, 0.5) is 0 Å². The fraction of sp³-hybridized carbons (Fsp3) is 0.938. The smallest absolute Gasteiger partial charge is 0.226 e. The molecule has 0 aromatic rings. The lowest BCUT2D eigenvalue weighted by atomic mass is 9.93. The average molecular weight is 281 g/mol. The zero-order valence-electron chi connectivity index (χ0n) is 13.5. The van der Waals surface area contributed by atoms with Gasteiger partial charge in [-0.05, 0) is 66.2 Å². The maximum atomic E-state index is 12.5. The van der Waals surface area contributed by atoms with Gasteiger partial charge in [0.1, 0.15) is 0 Å².